The Morgan fingerprint density at radius 2 is 1.62 bits per heavy atom. The molecule has 0 saturated carbocycles. The molecule has 0 atom stereocenters. The number of fused-ring (bicyclic) bond motifs is 3. The van der Waals surface area contributed by atoms with E-state index in [0.29, 0.717) is 5.89 Å². The molecule has 0 aliphatic heterocycles. The third-order valence-corrected chi connectivity index (χ3v) is 4.43. The van der Waals surface area contributed by atoms with Crippen LogP contribution in [0.25, 0.3) is 22.6 Å². The first-order valence-electron chi connectivity index (χ1n) is 7.25. The second-order valence-corrected chi connectivity index (χ2v) is 6.17. The molecule has 21 heavy (non-hydrogen) atoms. The summed E-state index contributed by atoms with van der Waals surface area (Å²) < 4.78 is 5.78. The molecule has 1 heterocycles. The molecule has 2 aromatic carbocycles. The van der Waals surface area contributed by atoms with Gasteiger partial charge in [0.15, 0.2) is 0 Å². The summed E-state index contributed by atoms with van der Waals surface area (Å²) in [6.07, 6.45) is 1.78. The summed E-state index contributed by atoms with van der Waals surface area (Å²) in [5.74, 6) is 1.56. The van der Waals surface area contributed by atoms with Crippen LogP contribution in [0.3, 0.4) is 0 Å². The van der Waals surface area contributed by atoms with Gasteiger partial charge in [-0.25, -0.2) is 4.98 Å². The zero-order valence-electron chi connectivity index (χ0n) is 12.5. The minimum absolute atomic E-state index is 0.0368. The minimum Gasteiger partial charge on any atom is -0.441 e. The maximum atomic E-state index is 5.78. The molecule has 1 aliphatic carbocycles. The Bertz CT molecular complexity index is 842. The number of benzene rings is 2. The van der Waals surface area contributed by atoms with Gasteiger partial charge < -0.3 is 4.42 Å². The van der Waals surface area contributed by atoms with E-state index < -0.39 is 0 Å². The Morgan fingerprint density at radius 3 is 2.38 bits per heavy atom. The van der Waals surface area contributed by atoms with Crippen LogP contribution in [0.5, 0.6) is 0 Å². The topological polar surface area (TPSA) is 26.0 Å². The molecule has 104 valence electrons. The summed E-state index contributed by atoms with van der Waals surface area (Å²) >= 11 is 0. The minimum atomic E-state index is -0.0368. The van der Waals surface area contributed by atoms with Crippen LogP contribution < -0.4 is 0 Å². The monoisotopic (exact) mass is 275 g/mol. The summed E-state index contributed by atoms with van der Waals surface area (Å²) in [5, 5.41) is 0. The van der Waals surface area contributed by atoms with E-state index in [-0.39, 0.29) is 5.41 Å². The molecule has 2 nitrogen and oxygen atoms in total. The van der Waals surface area contributed by atoms with Gasteiger partial charge in [-0.1, -0.05) is 50.2 Å². The lowest BCUT2D eigenvalue weighted by Crippen LogP contribution is -2.16. The third-order valence-electron chi connectivity index (χ3n) is 4.43. The number of hydrogen-bond donors (Lipinski definition) is 0. The van der Waals surface area contributed by atoms with Gasteiger partial charge in [-0.05, 0) is 35.2 Å². The molecule has 2 heteroatoms. The van der Waals surface area contributed by atoms with Crippen LogP contribution in [0.15, 0.2) is 53.1 Å². The number of rotatable bonds is 1. The number of oxazole rings is 1. The van der Waals surface area contributed by atoms with Gasteiger partial charge in [0.25, 0.3) is 0 Å². The molecule has 0 unspecified atom stereocenters. The molecule has 0 saturated heterocycles. The van der Waals surface area contributed by atoms with Crippen molar-refractivity contribution in [3.63, 3.8) is 0 Å². The largest absolute Gasteiger partial charge is 0.441 e. The number of hydrogen-bond acceptors (Lipinski definition) is 2. The first-order chi connectivity index (χ1) is 10.1. The lowest BCUT2D eigenvalue weighted by Gasteiger charge is -2.23. The Balaban J connectivity index is 2.05. The van der Waals surface area contributed by atoms with Crippen LogP contribution in [0.4, 0.5) is 0 Å². The van der Waals surface area contributed by atoms with Crippen molar-refractivity contribution in [3.8, 4) is 22.6 Å². The molecule has 0 amide bonds. The number of aryl methyl sites for hydroxylation is 1. The van der Waals surface area contributed by atoms with Gasteiger partial charge in [-0.15, -0.1) is 0 Å². The fraction of sp³-hybridized carbons (Fsp3) is 0.211. The number of nitrogens with zero attached hydrogens (tertiary/aromatic N) is 1. The van der Waals surface area contributed by atoms with Crippen LogP contribution in [0.2, 0.25) is 0 Å². The molecule has 0 spiro atoms. The Labute approximate surface area is 124 Å². The normalized spacial score (nSPS) is 14.8. The SMILES string of the molecule is Cc1cnc(-c2cccc3c2C(C)(C)c2ccccc2-3)o1. The molecule has 3 aromatic rings. The Morgan fingerprint density at radius 1 is 0.905 bits per heavy atom. The Hall–Kier alpha value is -2.35. The van der Waals surface area contributed by atoms with Crippen LogP contribution in [-0.4, -0.2) is 4.98 Å². The van der Waals surface area contributed by atoms with Crippen molar-refractivity contribution in [2.45, 2.75) is 26.2 Å². The van der Waals surface area contributed by atoms with E-state index in [0.717, 1.165) is 11.3 Å². The molecule has 0 radical (unpaired) electrons. The van der Waals surface area contributed by atoms with Gasteiger partial charge in [-0.3, -0.25) is 0 Å². The maximum absolute atomic E-state index is 5.78. The van der Waals surface area contributed by atoms with Gasteiger partial charge in [0.1, 0.15) is 5.76 Å². The van der Waals surface area contributed by atoms with Crippen LogP contribution >= 0.6 is 0 Å². The average molecular weight is 275 g/mol. The number of aromatic nitrogens is 1. The van der Waals surface area contributed by atoms with E-state index in [1.54, 1.807) is 6.20 Å². The van der Waals surface area contributed by atoms with Crippen molar-refractivity contribution in [3.05, 3.63) is 65.5 Å². The summed E-state index contributed by atoms with van der Waals surface area (Å²) in [7, 11) is 0. The van der Waals surface area contributed by atoms with Crippen molar-refractivity contribution in [2.75, 3.05) is 0 Å². The van der Waals surface area contributed by atoms with Crippen LogP contribution in [-0.2, 0) is 5.41 Å². The third kappa shape index (κ3) is 1.62. The molecule has 1 aliphatic rings. The lowest BCUT2D eigenvalue weighted by molar-refractivity contribution is 0.539. The van der Waals surface area contributed by atoms with Crippen molar-refractivity contribution in [1.29, 1.82) is 0 Å². The second kappa shape index (κ2) is 4.08. The molecular formula is C19H17NO. The molecule has 0 N–H and O–H groups in total. The standard InChI is InChI=1S/C19H17NO/c1-12-11-20-18(21-12)15-9-6-8-14-13-7-4-5-10-16(13)19(2,3)17(14)15/h4-11H,1-3H3. The van der Waals surface area contributed by atoms with E-state index in [4.69, 9.17) is 4.42 Å². The van der Waals surface area contributed by atoms with E-state index >= 15 is 0 Å². The van der Waals surface area contributed by atoms with Crippen molar-refractivity contribution in [2.24, 2.45) is 0 Å². The van der Waals surface area contributed by atoms with E-state index in [1.807, 2.05) is 6.92 Å². The molecule has 0 fully saturated rings. The fourth-order valence-electron chi connectivity index (χ4n) is 3.51. The van der Waals surface area contributed by atoms with Gasteiger partial charge in [0, 0.05) is 11.0 Å². The zero-order valence-corrected chi connectivity index (χ0v) is 12.5. The van der Waals surface area contributed by atoms with E-state index in [2.05, 4.69) is 61.3 Å². The summed E-state index contributed by atoms with van der Waals surface area (Å²) in [6, 6.07) is 15.0. The highest BCUT2D eigenvalue weighted by atomic mass is 16.4. The van der Waals surface area contributed by atoms with Crippen LogP contribution in [0.1, 0.15) is 30.7 Å². The highest BCUT2D eigenvalue weighted by Gasteiger charge is 2.37. The molecule has 1 aromatic heterocycles. The predicted molar refractivity (Wildman–Crippen MR) is 84.2 cm³/mol. The fourth-order valence-corrected chi connectivity index (χ4v) is 3.51. The lowest BCUT2D eigenvalue weighted by atomic mass is 9.80. The quantitative estimate of drug-likeness (QED) is 0.627. The van der Waals surface area contributed by atoms with Gasteiger partial charge >= 0.3 is 0 Å². The zero-order chi connectivity index (χ0) is 14.6. The summed E-state index contributed by atoms with van der Waals surface area (Å²) in [4.78, 5) is 4.43. The highest BCUT2D eigenvalue weighted by molar-refractivity contribution is 5.86. The van der Waals surface area contributed by atoms with Gasteiger partial charge in [0.2, 0.25) is 5.89 Å². The predicted octanol–water partition coefficient (Wildman–Crippen LogP) is 4.96. The summed E-state index contributed by atoms with van der Waals surface area (Å²) in [6.45, 7) is 6.48. The van der Waals surface area contributed by atoms with Crippen LogP contribution in [0, 0.1) is 6.92 Å². The molecule has 0 bridgehead atoms. The van der Waals surface area contributed by atoms with Gasteiger partial charge in [-0.2, -0.15) is 0 Å². The highest BCUT2D eigenvalue weighted by Crippen LogP contribution is 2.51. The Kier molecular flexibility index (Phi) is 2.41. The van der Waals surface area contributed by atoms with Crippen molar-refractivity contribution in [1.82, 2.24) is 4.98 Å². The smallest absolute Gasteiger partial charge is 0.226 e. The maximum Gasteiger partial charge on any atom is 0.226 e. The molecule has 4 rings (SSSR count). The summed E-state index contributed by atoms with van der Waals surface area (Å²) in [5.41, 5.74) is 6.36. The van der Waals surface area contributed by atoms with Crippen molar-refractivity contribution >= 4 is 0 Å². The van der Waals surface area contributed by atoms with E-state index in [1.165, 1.54) is 22.3 Å². The second-order valence-electron chi connectivity index (χ2n) is 6.17. The van der Waals surface area contributed by atoms with Crippen molar-refractivity contribution < 1.29 is 4.42 Å². The average Bonchev–Trinajstić information content (AvgIpc) is 3.01. The van der Waals surface area contributed by atoms with E-state index in [9.17, 15) is 0 Å². The molecular weight excluding hydrogens is 258 g/mol. The first-order valence-corrected chi connectivity index (χ1v) is 7.25. The van der Waals surface area contributed by atoms with Gasteiger partial charge in [0.05, 0.1) is 6.20 Å². The first kappa shape index (κ1) is 12.4.